The minimum atomic E-state index is -0.221. The van der Waals surface area contributed by atoms with Crippen LogP contribution in [0.15, 0.2) is 42.6 Å². The summed E-state index contributed by atoms with van der Waals surface area (Å²) < 4.78 is 2.47. The topological polar surface area (TPSA) is 71.4 Å². The number of hydrogen-bond donors (Lipinski definition) is 1. The zero-order valence-corrected chi connectivity index (χ0v) is 18.6. The summed E-state index contributed by atoms with van der Waals surface area (Å²) in [5.74, 6) is -0.236. The highest BCUT2D eigenvalue weighted by molar-refractivity contribution is 7.18. The monoisotopic (exact) mass is 445 g/mol. The molecule has 0 radical (unpaired) electrons. The average Bonchev–Trinajstić information content (AvgIpc) is 3.33. The number of nitrogens with zero attached hydrogens (tertiary/aromatic N) is 2. The standard InChI is InChI=1S/C22H24ClN3O3S/c1-3-25(4-2)22(29)14-26-12-11-15-13-16(5-6-17(15)26)24-21(28)10-7-18(27)19-8-9-20(23)30-19/h5-6,8-9,11-13H,3-4,7,10,14H2,1-2H3,(H,24,28). The normalized spacial score (nSPS) is 10.9. The highest BCUT2D eigenvalue weighted by Gasteiger charge is 2.14. The first kappa shape index (κ1) is 22.1. The highest BCUT2D eigenvalue weighted by Crippen LogP contribution is 2.24. The van der Waals surface area contributed by atoms with Gasteiger partial charge in [-0.2, -0.15) is 0 Å². The van der Waals surface area contributed by atoms with Crippen LogP contribution in [0.4, 0.5) is 5.69 Å². The van der Waals surface area contributed by atoms with Crippen molar-refractivity contribution in [2.24, 2.45) is 0 Å². The van der Waals surface area contributed by atoms with E-state index in [1.165, 1.54) is 11.3 Å². The molecular weight excluding hydrogens is 422 g/mol. The fourth-order valence-corrected chi connectivity index (χ4v) is 4.29. The third-order valence-corrected chi connectivity index (χ3v) is 6.18. The number of amides is 2. The van der Waals surface area contributed by atoms with Crippen LogP contribution in [-0.4, -0.2) is 40.2 Å². The maximum Gasteiger partial charge on any atom is 0.242 e. The van der Waals surface area contributed by atoms with E-state index in [1.807, 2.05) is 42.8 Å². The lowest BCUT2D eigenvalue weighted by atomic mass is 10.2. The summed E-state index contributed by atoms with van der Waals surface area (Å²) in [6.07, 6.45) is 2.11. The zero-order valence-electron chi connectivity index (χ0n) is 17.0. The smallest absolute Gasteiger partial charge is 0.242 e. The maximum atomic E-state index is 12.4. The second-order valence-corrected chi connectivity index (χ2v) is 8.57. The summed E-state index contributed by atoms with van der Waals surface area (Å²) in [4.78, 5) is 39.1. The van der Waals surface area contributed by atoms with E-state index in [1.54, 1.807) is 23.1 Å². The Morgan fingerprint density at radius 3 is 2.50 bits per heavy atom. The summed E-state index contributed by atoms with van der Waals surface area (Å²) >= 11 is 7.06. The second-order valence-electron chi connectivity index (χ2n) is 6.86. The van der Waals surface area contributed by atoms with Gasteiger partial charge >= 0.3 is 0 Å². The van der Waals surface area contributed by atoms with Crippen molar-refractivity contribution >= 4 is 57.1 Å². The number of carbonyl (C=O) groups is 3. The lowest BCUT2D eigenvalue weighted by Crippen LogP contribution is -2.33. The van der Waals surface area contributed by atoms with Gasteiger partial charge in [0.15, 0.2) is 5.78 Å². The van der Waals surface area contributed by atoms with E-state index in [0.717, 1.165) is 10.9 Å². The van der Waals surface area contributed by atoms with Crippen LogP contribution in [0, 0.1) is 0 Å². The number of Topliss-reactive ketones (excluding diaryl/α,β-unsaturated/α-hetero) is 1. The molecule has 2 aromatic heterocycles. The molecule has 0 bridgehead atoms. The van der Waals surface area contributed by atoms with Crippen LogP contribution in [-0.2, 0) is 16.1 Å². The van der Waals surface area contributed by atoms with Crippen molar-refractivity contribution in [1.29, 1.82) is 0 Å². The number of aromatic nitrogens is 1. The van der Waals surface area contributed by atoms with E-state index < -0.39 is 0 Å². The van der Waals surface area contributed by atoms with Crippen molar-refractivity contribution in [1.82, 2.24) is 9.47 Å². The molecule has 30 heavy (non-hydrogen) atoms. The molecule has 0 saturated heterocycles. The Labute approximate surface area is 184 Å². The molecule has 0 fully saturated rings. The van der Waals surface area contributed by atoms with E-state index in [-0.39, 0.29) is 37.0 Å². The average molecular weight is 446 g/mol. The lowest BCUT2D eigenvalue weighted by molar-refractivity contribution is -0.131. The SMILES string of the molecule is CCN(CC)C(=O)Cn1ccc2cc(NC(=O)CCC(=O)c3ccc(Cl)s3)ccc21. The van der Waals surface area contributed by atoms with Crippen LogP contribution in [0.3, 0.4) is 0 Å². The Morgan fingerprint density at radius 1 is 1.07 bits per heavy atom. The molecule has 3 aromatic rings. The predicted octanol–water partition coefficient (Wildman–Crippen LogP) is 4.83. The van der Waals surface area contributed by atoms with Crippen molar-refractivity contribution in [2.75, 3.05) is 18.4 Å². The Hall–Kier alpha value is -2.64. The Balaban J connectivity index is 1.60. The van der Waals surface area contributed by atoms with Crippen molar-refractivity contribution in [2.45, 2.75) is 33.2 Å². The van der Waals surface area contributed by atoms with E-state index in [0.29, 0.717) is 28.0 Å². The quantitative estimate of drug-likeness (QED) is 0.479. The third-order valence-electron chi connectivity index (χ3n) is 4.90. The molecule has 0 aliphatic carbocycles. The molecule has 0 atom stereocenters. The fraction of sp³-hybridized carbons (Fsp3) is 0.318. The van der Waals surface area contributed by atoms with Crippen LogP contribution >= 0.6 is 22.9 Å². The zero-order chi connectivity index (χ0) is 21.7. The van der Waals surface area contributed by atoms with Crippen molar-refractivity contribution < 1.29 is 14.4 Å². The van der Waals surface area contributed by atoms with Crippen LogP contribution < -0.4 is 5.32 Å². The second kappa shape index (κ2) is 9.91. The number of benzene rings is 1. The van der Waals surface area contributed by atoms with E-state index >= 15 is 0 Å². The van der Waals surface area contributed by atoms with Crippen LogP contribution in [0.2, 0.25) is 4.34 Å². The van der Waals surface area contributed by atoms with Gasteiger partial charge in [-0.15, -0.1) is 11.3 Å². The molecule has 0 aliphatic rings. The number of nitrogens with one attached hydrogen (secondary N) is 1. The number of fused-ring (bicyclic) bond motifs is 1. The van der Waals surface area contributed by atoms with Gasteiger partial charge < -0.3 is 14.8 Å². The summed E-state index contributed by atoms with van der Waals surface area (Å²) in [6, 6.07) is 10.8. The van der Waals surface area contributed by atoms with Gasteiger partial charge in [0.1, 0.15) is 6.54 Å². The number of ketones is 1. The summed E-state index contributed by atoms with van der Waals surface area (Å²) in [5, 5.41) is 3.77. The minimum absolute atomic E-state index is 0.0755. The van der Waals surface area contributed by atoms with Crippen molar-refractivity contribution in [3.05, 3.63) is 51.8 Å². The van der Waals surface area contributed by atoms with Gasteiger partial charge in [0, 0.05) is 48.7 Å². The lowest BCUT2D eigenvalue weighted by Gasteiger charge is -2.19. The molecule has 0 spiro atoms. The molecule has 0 saturated carbocycles. The number of thiophene rings is 1. The molecule has 0 aliphatic heterocycles. The number of rotatable bonds is 9. The molecule has 6 nitrogen and oxygen atoms in total. The van der Waals surface area contributed by atoms with E-state index in [4.69, 9.17) is 11.6 Å². The van der Waals surface area contributed by atoms with E-state index in [2.05, 4.69) is 5.32 Å². The summed E-state index contributed by atoms with van der Waals surface area (Å²) in [5.41, 5.74) is 1.59. The Kier molecular flexibility index (Phi) is 7.29. The fourth-order valence-electron chi connectivity index (χ4n) is 3.28. The maximum absolute atomic E-state index is 12.4. The summed E-state index contributed by atoms with van der Waals surface area (Å²) in [6.45, 7) is 5.59. The largest absolute Gasteiger partial charge is 0.342 e. The molecule has 1 aromatic carbocycles. The first-order chi connectivity index (χ1) is 14.4. The molecule has 2 heterocycles. The molecule has 1 N–H and O–H groups in total. The minimum Gasteiger partial charge on any atom is -0.342 e. The van der Waals surface area contributed by atoms with Crippen molar-refractivity contribution in [3.8, 4) is 0 Å². The van der Waals surface area contributed by atoms with Crippen molar-refractivity contribution in [3.63, 3.8) is 0 Å². The number of hydrogen-bond acceptors (Lipinski definition) is 4. The predicted molar refractivity (Wildman–Crippen MR) is 121 cm³/mol. The third kappa shape index (κ3) is 5.29. The Morgan fingerprint density at radius 2 is 1.83 bits per heavy atom. The molecule has 8 heteroatoms. The molecular formula is C22H24ClN3O3S. The van der Waals surface area contributed by atoms with Gasteiger partial charge in [0.05, 0.1) is 9.21 Å². The molecule has 0 unspecified atom stereocenters. The van der Waals surface area contributed by atoms with Gasteiger partial charge in [-0.1, -0.05) is 11.6 Å². The van der Waals surface area contributed by atoms with Crippen LogP contribution in [0.5, 0.6) is 0 Å². The number of anilines is 1. The van der Waals surface area contributed by atoms with E-state index in [9.17, 15) is 14.4 Å². The molecule has 2 amide bonds. The number of carbonyl (C=O) groups excluding carboxylic acids is 3. The molecule has 3 rings (SSSR count). The number of halogens is 1. The van der Waals surface area contributed by atoms with Crippen LogP contribution in [0.25, 0.3) is 10.9 Å². The van der Waals surface area contributed by atoms with Gasteiger partial charge in [0.25, 0.3) is 0 Å². The Bertz CT molecular complexity index is 1070. The summed E-state index contributed by atoms with van der Waals surface area (Å²) in [7, 11) is 0. The van der Waals surface area contributed by atoms with Gasteiger partial charge in [-0.05, 0) is 50.2 Å². The molecule has 158 valence electrons. The number of likely N-dealkylation sites (N-methyl/N-ethyl adjacent to an activating group) is 1. The first-order valence-corrected chi connectivity index (χ1v) is 11.1. The first-order valence-electron chi connectivity index (χ1n) is 9.86. The van der Waals surface area contributed by atoms with Crippen LogP contribution in [0.1, 0.15) is 36.4 Å². The van der Waals surface area contributed by atoms with Gasteiger partial charge in [-0.25, -0.2) is 0 Å². The highest BCUT2D eigenvalue weighted by atomic mass is 35.5. The van der Waals surface area contributed by atoms with Gasteiger partial charge in [0.2, 0.25) is 11.8 Å². The van der Waals surface area contributed by atoms with Gasteiger partial charge in [-0.3, -0.25) is 14.4 Å².